The van der Waals surface area contributed by atoms with Crippen molar-refractivity contribution >= 4 is 0 Å². The molecule has 24 heavy (non-hydrogen) atoms. The molecular formula is C20H23FO3. The van der Waals surface area contributed by atoms with Gasteiger partial charge in [0.1, 0.15) is 6.17 Å². The predicted octanol–water partition coefficient (Wildman–Crippen LogP) is 3.65. The molecule has 0 amide bonds. The SMILES string of the molecule is OC1CC(OCc2ccccc2)C(OCc2ccccc2)CC1F. The van der Waals surface area contributed by atoms with Crippen LogP contribution >= 0.6 is 0 Å². The molecule has 0 heterocycles. The van der Waals surface area contributed by atoms with Gasteiger partial charge in [-0.1, -0.05) is 60.7 Å². The first-order valence-electron chi connectivity index (χ1n) is 8.35. The molecule has 2 aromatic carbocycles. The van der Waals surface area contributed by atoms with E-state index in [1.807, 2.05) is 60.7 Å². The summed E-state index contributed by atoms with van der Waals surface area (Å²) in [5.74, 6) is 0. The average molecular weight is 330 g/mol. The van der Waals surface area contributed by atoms with Crippen LogP contribution in [0.3, 0.4) is 0 Å². The third-order valence-corrected chi connectivity index (χ3v) is 4.38. The van der Waals surface area contributed by atoms with Gasteiger partial charge in [0.25, 0.3) is 0 Å². The Morgan fingerprint density at radius 3 is 1.75 bits per heavy atom. The Morgan fingerprint density at radius 2 is 1.25 bits per heavy atom. The lowest BCUT2D eigenvalue weighted by Gasteiger charge is -2.36. The highest BCUT2D eigenvalue weighted by Gasteiger charge is 2.37. The van der Waals surface area contributed by atoms with E-state index in [9.17, 15) is 9.50 Å². The van der Waals surface area contributed by atoms with Crippen LogP contribution in [0, 0.1) is 0 Å². The third kappa shape index (κ3) is 4.63. The quantitative estimate of drug-likeness (QED) is 0.879. The van der Waals surface area contributed by atoms with E-state index < -0.39 is 12.3 Å². The molecule has 0 radical (unpaired) electrons. The minimum atomic E-state index is -1.26. The van der Waals surface area contributed by atoms with Crippen molar-refractivity contribution in [1.29, 1.82) is 0 Å². The summed E-state index contributed by atoms with van der Waals surface area (Å²) in [5, 5.41) is 9.84. The van der Waals surface area contributed by atoms with Gasteiger partial charge in [-0.15, -0.1) is 0 Å². The van der Waals surface area contributed by atoms with Gasteiger partial charge in [-0.2, -0.15) is 0 Å². The van der Waals surface area contributed by atoms with Crippen molar-refractivity contribution < 1.29 is 19.0 Å². The van der Waals surface area contributed by atoms with Crippen LogP contribution in [-0.4, -0.2) is 29.6 Å². The minimum Gasteiger partial charge on any atom is -0.390 e. The zero-order valence-electron chi connectivity index (χ0n) is 13.6. The number of alkyl halides is 1. The molecular weight excluding hydrogens is 307 g/mol. The smallest absolute Gasteiger partial charge is 0.129 e. The molecule has 1 N–H and O–H groups in total. The molecule has 0 saturated heterocycles. The van der Waals surface area contributed by atoms with Gasteiger partial charge < -0.3 is 14.6 Å². The molecule has 128 valence electrons. The van der Waals surface area contributed by atoms with Gasteiger partial charge in [-0.25, -0.2) is 4.39 Å². The number of benzene rings is 2. The first kappa shape index (κ1) is 17.1. The van der Waals surface area contributed by atoms with Gasteiger partial charge >= 0.3 is 0 Å². The molecule has 3 rings (SSSR count). The zero-order valence-corrected chi connectivity index (χ0v) is 13.6. The maximum atomic E-state index is 13.9. The molecule has 4 atom stereocenters. The predicted molar refractivity (Wildman–Crippen MR) is 90.2 cm³/mol. The number of ether oxygens (including phenoxy) is 2. The Hall–Kier alpha value is -1.75. The van der Waals surface area contributed by atoms with E-state index in [2.05, 4.69) is 0 Å². The van der Waals surface area contributed by atoms with Crippen molar-refractivity contribution in [2.75, 3.05) is 0 Å². The second kappa shape index (κ2) is 8.38. The highest BCUT2D eigenvalue weighted by molar-refractivity contribution is 5.14. The second-order valence-corrected chi connectivity index (χ2v) is 6.22. The Kier molecular flexibility index (Phi) is 5.96. The molecule has 1 fully saturated rings. The van der Waals surface area contributed by atoms with Crippen molar-refractivity contribution in [2.24, 2.45) is 0 Å². The second-order valence-electron chi connectivity index (χ2n) is 6.22. The zero-order chi connectivity index (χ0) is 16.8. The fourth-order valence-electron chi connectivity index (χ4n) is 2.97. The van der Waals surface area contributed by atoms with Crippen LogP contribution < -0.4 is 0 Å². The van der Waals surface area contributed by atoms with Crippen LogP contribution in [0.2, 0.25) is 0 Å². The average Bonchev–Trinajstić information content (AvgIpc) is 2.63. The van der Waals surface area contributed by atoms with Crippen molar-refractivity contribution in [3.05, 3.63) is 71.8 Å². The van der Waals surface area contributed by atoms with Crippen LogP contribution in [0.4, 0.5) is 4.39 Å². The Bertz CT molecular complexity index is 549. The highest BCUT2D eigenvalue weighted by Crippen LogP contribution is 2.28. The topological polar surface area (TPSA) is 38.7 Å². The number of rotatable bonds is 6. The van der Waals surface area contributed by atoms with Gasteiger partial charge in [-0.3, -0.25) is 0 Å². The van der Waals surface area contributed by atoms with E-state index in [4.69, 9.17) is 9.47 Å². The number of hydrogen-bond acceptors (Lipinski definition) is 3. The Balaban J connectivity index is 1.59. The number of halogens is 1. The molecule has 0 aliphatic heterocycles. The maximum absolute atomic E-state index is 13.9. The molecule has 0 aromatic heterocycles. The van der Waals surface area contributed by atoms with E-state index >= 15 is 0 Å². The summed E-state index contributed by atoms with van der Waals surface area (Å²) in [6.45, 7) is 0.847. The summed E-state index contributed by atoms with van der Waals surface area (Å²) in [7, 11) is 0. The van der Waals surface area contributed by atoms with Crippen molar-refractivity contribution in [3.63, 3.8) is 0 Å². The van der Waals surface area contributed by atoms with E-state index in [-0.39, 0.29) is 25.0 Å². The Morgan fingerprint density at radius 1 is 0.792 bits per heavy atom. The molecule has 1 saturated carbocycles. The van der Waals surface area contributed by atoms with Gasteiger partial charge in [0, 0.05) is 12.8 Å². The number of aliphatic hydroxyl groups is 1. The molecule has 0 spiro atoms. The van der Waals surface area contributed by atoms with Crippen molar-refractivity contribution in [1.82, 2.24) is 0 Å². The van der Waals surface area contributed by atoms with Crippen LogP contribution in [0.25, 0.3) is 0 Å². The molecule has 2 aromatic rings. The molecule has 4 unspecified atom stereocenters. The lowest BCUT2D eigenvalue weighted by molar-refractivity contribution is -0.144. The first-order valence-corrected chi connectivity index (χ1v) is 8.35. The highest BCUT2D eigenvalue weighted by atomic mass is 19.1. The van der Waals surface area contributed by atoms with Gasteiger partial charge in [-0.05, 0) is 11.1 Å². The summed E-state index contributed by atoms with van der Waals surface area (Å²) in [6.07, 6.45) is -2.49. The molecule has 3 nitrogen and oxygen atoms in total. The fraction of sp³-hybridized carbons (Fsp3) is 0.400. The van der Waals surface area contributed by atoms with Crippen LogP contribution in [-0.2, 0) is 22.7 Å². The van der Waals surface area contributed by atoms with Crippen molar-refractivity contribution in [2.45, 2.75) is 50.5 Å². The van der Waals surface area contributed by atoms with E-state index in [0.29, 0.717) is 13.2 Å². The van der Waals surface area contributed by atoms with E-state index in [1.54, 1.807) is 0 Å². The summed E-state index contributed by atoms with van der Waals surface area (Å²) in [5.41, 5.74) is 2.09. The summed E-state index contributed by atoms with van der Waals surface area (Å²) in [6, 6.07) is 19.6. The lowest BCUT2D eigenvalue weighted by Crippen LogP contribution is -2.45. The monoisotopic (exact) mass is 330 g/mol. The fourth-order valence-corrected chi connectivity index (χ4v) is 2.97. The Labute approximate surface area is 142 Å². The normalized spacial score (nSPS) is 27.1. The largest absolute Gasteiger partial charge is 0.390 e. The minimum absolute atomic E-state index is 0.160. The van der Waals surface area contributed by atoms with Crippen LogP contribution in [0.15, 0.2) is 60.7 Å². The van der Waals surface area contributed by atoms with Crippen molar-refractivity contribution in [3.8, 4) is 0 Å². The third-order valence-electron chi connectivity index (χ3n) is 4.38. The maximum Gasteiger partial charge on any atom is 0.129 e. The van der Waals surface area contributed by atoms with Gasteiger partial charge in [0.05, 0.1) is 31.5 Å². The van der Waals surface area contributed by atoms with Gasteiger partial charge in [0.2, 0.25) is 0 Å². The van der Waals surface area contributed by atoms with Crippen LogP contribution in [0.1, 0.15) is 24.0 Å². The molecule has 0 bridgehead atoms. The number of aliphatic hydroxyl groups excluding tert-OH is 1. The number of hydrogen-bond donors (Lipinski definition) is 1. The summed E-state index contributed by atoms with van der Waals surface area (Å²) < 4.78 is 25.8. The van der Waals surface area contributed by atoms with E-state index in [1.165, 1.54) is 0 Å². The summed E-state index contributed by atoms with van der Waals surface area (Å²) in [4.78, 5) is 0. The summed E-state index contributed by atoms with van der Waals surface area (Å²) >= 11 is 0. The lowest BCUT2D eigenvalue weighted by atomic mass is 9.90. The molecule has 1 aliphatic rings. The van der Waals surface area contributed by atoms with E-state index in [0.717, 1.165) is 11.1 Å². The molecule has 4 heteroatoms. The van der Waals surface area contributed by atoms with Crippen LogP contribution in [0.5, 0.6) is 0 Å². The van der Waals surface area contributed by atoms with Gasteiger partial charge in [0.15, 0.2) is 0 Å². The standard InChI is InChI=1S/C20H23FO3/c21-17-11-19(23-13-15-7-3-1-4-8-15)20(12-18(17)22)24-14-16-9-5-2-6-10-16/h1-10,17-20,22H,11-14H2. The molecule has 1 aliphatic carbocycles. The first-order chi connectivity index (χ1) is 11.7.